The second-order valence-corrected chi connectivity index (χ2v) is 5.35. The van der Waals surface area contributed by atoms with Crippen molar-refractivity contribution >= 4 is 46.2 Å². The SMILES string of the molecule is CC(=O)NC(=S)Nc1ccc(NC(=O)c2ccccc2[N+](=O)[O-])cc1. The van der Waals surface area contributed by atoms with E-state index < -0.39 is 10.8 Å². The normalized spacial score (nSPS) is 9.80. The Morgan fingerprint density at radius 1 is 1.00 bits per heavy atom. The van der Waals surface area contributed by atoms with Gasteiger partial charge >= 0.3 is 0 Å². The van der Waals surface area contributed by atoms with Crippen molar-refractivity contribution in [1.82, 2.24) is 5.32 Å². The van der Waals surface area contributed by atoms with Gasteiger partial charge in [0.05, 0.1) is 4.92 Å². The van der Waals surface area contributed by atoms with Gasteiger partial charge in [0, 0.05) is 24.4 Å². The molecule has 2 rings (SSSR count). The van der Waals surface area contributed by atoms with Gasteiger partial charge in [0.1, 0.15) is 5.56 Å². The van der Waals surface area contributed by atoms with Crippen LogP contribution in [-0.4, -0.2) is 21.9 Å². The number of nitro benzene ring substituents is 1. The number of hydrogen-bond donors (Lipinski definition) is 3. The number of nitro groups is 1. The average molecular weight is 358 g/mol. The first-order valence-corrected chi connectivity index (χ1v) is 7.51. The minimum absolute atomic E-state index is 0.0264. The summed E-state index contributed by atoms with van der Waals surface area (Å²) < 4.78 is 0. The molecule has 0 aromatic heterocycles. The van der Waals surface area contributed by atoms with Gasteiger partial charge in [-0.2, -0.15) is 0 Å². The smallest absolute Gasteiger partial charge is 0.282 e. The Labute approximate surface area is 148 Å². The Balaban J connectivity index is 2.06. The van der Waals surface area contributed by atoms with Gasteiger partial charge in [0.15, 0.2) is 5.11 Å². The molecule has 0 radical (unpaired) electrons. The van der Waals surface area contributed by atoms with Crippen molar-refractivity contribution in [3.05, 3.63) is 64.2 Å². The number of rotatable bonds is 4. The van der Waals surface area contributed by atoms with Crippen LogP contribution in [0.2, 0.25) is 0 Å². The highest BCUT2D eigenvalue weighted by Gasteiger charge is 2.19. The summed E-state index contributed by atoms with van der Waals surface area (Å²) in [5.41, 5.74) is 0.780. The van der Waals surface area contributed by atoms with Crippen LogP contribution in [0.3, 0.4) is 0 Å². The van der Waals surface area contributed by atoms with Crippen LogP contribution in [0.1, 0.15) is 17.3 Å². The Morgan fingerprint density at radius 2 is 1.56 bits per heavy atom. The maximum atomic E-state index is 12.2. The standard InChI is InChI=1S/C16H14N4O4S/c1-10(21)17-16(25)19-12-8-6-11(7-9-12)18-15(22)13-4-2-3-5-14(13)20(23)24/h2-9H,1H3,(H,18,22)(H2,17,19,21,25). The van der Waals surface area contributed by atoms with Crippen molar-refractivity contribution in [2.24, 2.45) is 0 Å². The number of benzene rings is 2. The van der Waals surface area contributed by atoms with Gasteiger partial charge in [-0.15, -0.1) is 0 Å². The molecule has 0 aliphatic rings. The van der Waals surface area contributed by atoms with Crippen LogP contribution >= 0.6 is 12.2 Å². The molecule has 8 nitrogen and oxygen atoms in total. The predicted octanol–water partition coefficient (Wildman–Crippen LogP) is 2.68. The van der Waals surface area contributed by atoms with E-state index in [1.165, 1.54) is 25.1 Å². The number of carbonyl (C=O) groups excluding carboxylic acids is 2. The zero-order valence-corrected chi connectivity index (χ0v) is 13.9. The molecule has 9 heteroatoms. The molecule has 2 aromatic rings. The number of anilines is 2. The van der Waals surface area contributed by atoms with Gasteiger partial charge in [-0.3, -0.25) is 19.7 Å². The van der Waals surface area contributed by atoms with Crippen LogP contribution in [-0.2, 0) is 4.79 Å². The van der Waals surface area contributed by atoms with Gasteiger partial charge in [0.25, 0.3) is 11.6 Å². The zero-order chi connectivity index (χ0) is 18.4. The quantitative estimate of drug-likeness (QED) is 0.440. The number of nitrogens with zero attached hydrogens (tertiary/aromatic N) is 1. The molecule has 0 aliphatic carbocycles. The van der Waals surface area contributed by atoms with Gasteiger partial charge in [-0.05, 0) is 42.5 Å². The van der Waals surface area contributed by atoms with Crippen molar-refractivity contribution in [2.45, 2.75) is 6.92 Å². The molecule has 0 bridgehead atoms. The molecule has 0 atom stereocenters. The second-order valence-electron chi connectivity index (χ2n) is 4.94. The highest BCUT2D eigenvalue weighted by Crippen LogP contribution is 2.20. The van der Waals surface area contributed by atoms with E-state index in [-0.39, 0.29) is 22.3 Å². The van der Waals surface area contributed by atoms with Crippen molar-refractivity contribution < 1.29 is 14.5 Å². The lowest BCUT2D eigenvalue weighted by molar-refractivity contribution is -0.385. The molecule has 0 saturated carbocycles. The predicted molar refractivity (Wildman–Crippen MR) is 97.5 cm³/mol. The van der Waals surface area contributed by atoms with Crippen LogP contribution < -0.4 is 16.0 Å². The fourth-order valence-corrected chi connectivity index (χ4v) is 2.24. The van der Waals surface area contributed by atoms with E-state index in [1.54, 1.807) is 30.3 Å². The van der Waals surface area contributed by atoms with Crippen molar-refractivity contribution in [3.63, 3.8) is 0 Å². The number of para-hydroxylation sites is 1. The summed E-state index contributed by atoms with van der Waals surface area (Å²) in [6.45, 7) is 1.34. The maximum absolute atomic E-state index is 12.2. The van der Waals surface area contributed by atoms with Crippen LogP contribution in [0.5, 0.6) is 0 Å². The summed E-state index contributed by atoms with van der Waals surface area (Å²) in [4.78, 5) is 33.5. The number of nitrogens with one attached hydrogen (secondary N) is 3. The van der Waals surface area contributed by atoms with E-state index in [4.69, 9.17) is 12.2 Å². The number of amides is 2. The molecule has 2 aromatic carbocycles. The van der Waals surface area contributed by atoms with Crippen molar-refractivity contribution in [3.8, 4) is 0 Å². The molecule has 25 heavy (non-hydrogen) atoms. The fraction of sp³-hybridized carbons (Fsp3) is 0.0625. The lowest BCUT2D eigenvalue weighted by Gasteiger charge is -2.09. The van der Waals surface area contributed by atoms with E-state index in [9.17, 15) is 19.7 Å². The highest BCUT2D eigenvalue weighted by atomic mass is 32.1. The third-order valence-electron chi connectivity index (χ3n) is 3.04. The number of carbonyl (C=O) groups is 2. The van der Waals surface area contributed by atoms with Gasteiger partial charge in [-0.25, -0.2) is 0 Å². The lowest BCUT2D eigenvalue weighted by Crippen LogP contribution is -2.32. The summed E-state index contributed by atoms with van der Waals surface area (Å²) >= 11 is 4.94. The minimum atomic E-state index is -0.606. The van der Waals surface area contributed by atoms with Crippen molar-refractivity contribution in [2.75, 3.05) is 10.6 Å². The fourth-order valence-electron chi connectivity index (χ4n) is 1.98. The summed E-state index contributed by atoms with van der Waals surface area (Å²) in [5.74, 6) is -0.868. The molecular weight excluding hydrogens is 344 g/mol. The maximum Gasteiger partial charge on any atom is 0.282 e. The number of hydrogen-bond acceptors (Lipinski definition) is 5. The van der Waals surface area contributed by atoms with Gasteiger partial charge in [0.2, 0.25) is 5.91 Å². The molecule has 2 amide bonds. The molecule has 0 saturated heterocycles. The second kappa shape index (κ2) is 7.97. The number of thiocarbonyl (C=S) groups is 1. The third-order valence-corrected chi connectivity index (χ3v) is 3.24. The van der Waals surface area contributed by atoms with E-state index in [0.29, 0.717) is 11.4 Å². The molecule has 0 unspecified atom stereocenters. The van der Waals surface area contributed by atoms with Crippen LogP contribution in [0.4, 0.5) is 17.1 Å². The largest absolute Gasteiger partial charge is 0.332 e. The molecular formula is C16H14N4O4S. The minimum Gasteiger partial charge on any atom is -0.332 e. The third kappa shape index (κ3) is 5.08. The van der Waals surface area contributed by atoms with Crippen LogP contribution in [0.25, 0.3) is 0 Å². The first-order chi connectivity index (χ1) is 11.9. The van der Waals surface area contributed by atoms with E-state index in [1.807, 2.05) is 0 Å². The Hall–Kier alpha value is -3.33. The Bertz CT molecular complexity index is 836. The van der Waals surface area contributed by atoms with Gasteiger partial charge < -0.3 is 16.0 Å². The van der Waals surface area contributed by atoms with E-state index in [0.717, 1.165) is 0 Å². The van der Waals surface area contributed by atoms with Gasteiger partial charge in [-0.1, -0.05) is 12.1 Å². The summed E-state index contributed by atoms with van der Waals surface area (Å²) in [6.07, 6.45) is 0. The van der Waals surface area contributed by atoms with Crippen LogP contribution in [0.15, 0.2) is 48.5 Å². The van der Waals surface area contributed by atoms with Crippen LogP contribution in [0, 0.1) is 10.1 Å². The highest BCUT2D eigenvalue weighted by molar-refractivity contribution is 7.80. The first kappa shape index (κ1) is 18.0. The molecule has 128 valence electrons. The van der Waals surface area contributed by atoms with E-state index >= 15 is 0 Å². The summed E-state index contributed by atoms with van der Waals surface area (Å²) in [6, 6.07) is 12.2. The Kier molecular flexibility index (Phi) is 5.75. The first-order valence-electron chi connectivity index (χ1n) is 7.10. The monoisotopic (exact) mass is 358 g/mol. The molecule has 3 N–H and O–H groups in total. The average Bonchev–Trinajstić information content (AvgIpc) is 2.55. The Morgan fingerprint density at radius 3 is 2.12 bits per heavy atom. The molecule has 0 aliphatic heterocycles. The molecule has 0 spiro atoms. The van der Waals surface area contributed by atoms with E-state index in [2.05, 4.69) is 16.0 Å². The lowest BCUT2D eigenvalue weighted by atomic mass is 10.1. The summed E-state index contributed by atoms with van der Waals surface area (Å²) in [5, 5.41) is 19.0. The topological polar surface area (TPSA) is 113 Å². The molecule has 0 fully saturated rings. The zero-order valence-electron chi connectivity index (χ0n) is 13.1. The molecule has 0 heterocycles. The summed E-state index contributed by atoms with van der Waals surface area (Å²) in [7, 11) is 0. The van der Waals surface area contributed by atoms with Crippen molar-refractivity contribution in [1.29, 1.82) is 0 Å².